The number of thiocarbonyl (C=S) groups is 1. The zero-order valence-corrected chi connectivity index (χ0v) is 11.6. The van der Waals surface area contributed by atoms with E-state index in [0.717, 1.165) is 26.2 Å². The summed E-state index contributed by atoms with van der Waals surface area (Å²) in [7, 11) is 2.11. The lowest BCUT2D eigenvalue weighted by molar-refractivity contribution is 0.311. The van der Waals surface area contributed by atoms with Gasteiger partial charge < -0.3 is 15.5 Å². The highest BCUT2D eigenvalue weighted by atomic mass is 32.2. The monoisotopic (exact) mass is 272 g/mol. The summed E-state index contributed by atoms with van der Waals surface area (Å²) in [5.41, 5.74) is 5.80. The summed E-state index contributed by atoms with van der Waals surface area (Å²) in [6.07, 6.45) is 1.90. The van der Waals surface area contributed by atoms with Gasteiger partial charge in [-0.2, -0.15) is 9.67 Å². The Morgan fingerprint density at radius 1 is 1.35 bits per heavy atom. The average Bonchev–Trinajstić information content (AvgIpc) is 2.71. The third-order valence-electron chi connectivity index (χ3n) is 2.75. The lowest BCUT2D eigenvalue weighted by Crippen LogP contribution is -2.45. The second-order valence-electron chi connectivity index (χ2n) is 3.94. The summed E-state index contributed by atoms with van der Waals surface area (Å²) in [5.74, 6) is 1.03. The molecule has 0 saturated carbocycles. The molecule has 2 N–H and O–H groups in total. The van der Waals surface area contributed by atoms with Gasteiger partial charge in [0.25, 0.3) is 0 Å². The van der Waals surface area contributed by atoms with E-state index in [4.69, 9.17) is 18.0 Å². The van der Waals surface area contributed by atoms with Gasteiger partial charge in [0.05, 0.1) is 0 Å². The highest BCUT2D eigenvalue weighted by Crippen LogP contribution is 2.15. The summed E-state index contributed by atoms with van der Waals surface area (Å²) in [6.45, 7) is 3.88. The Bertz CT molecular complexity index is 410. The molecule has 6 nitrogen and oxygen atoms in total. The van der Waals surface area contributed by atoms with Crippen molar-refractivity contribution in [2.24, 2.45) is 0 Å². The third kappa shape index (κ3) is 2.70. The quantitative estimate of drug-likeness (QED) is 0.728. The minimum Gasteiger partial charge on any atom is -0.368 e. The van der Waals surface area contributed by atoms with E-state index in [-0.39, 0.29) is 0 Å². The molecule has 2 rings (SSSR count). The van der Waals surface area contributed by atoms with Crippen molar-refractivity contribution in [2.75, 3.05) is 50.1 Å². The fraction of sp³-hybridized carbons (Fsp3) is 0.667. The minimum absolute atomic E-state index is 0.360. The van der Waals surface area contributed by atoms with Gasteiger partial charge in [-0.1, -0.05) is 24.0 Å². The van der Waals surface area contributed by atoms with Crippen molar-refractivity contribution in [3.05, 3.63) is 0 Å². The van der Waals surface area contributed by atoms with Crippen molar-refractivity contribution in [1.82, 2.24) is 19.7 Å². The number of thioether (sulfide) groups is 1. The molecule has 0 spiro atoms. The molecule has 1 aliphatic heterocycles. The Morgan fingerprint density at radius 2 is 2.00 bits per heavy atom. The van der Waals surface area contributed by atoms with Crippen molar-refractivity contribution >= 4 is 40.2 Å². The van der Waals surface area contributed by atoms with Crippen molar-refractivity contribution < 1.29 is 0 Å². The number of anilines is 2. The number of hydrogen-bond donors (Lipinski definition) is 1. The second-order valence-corrected chi connectivity index (χ2v) is 5.38. The van der Waals surface area contributed by atoms with E-state index in [1.54, 1.807) is 0 Å². The highest BCUT2D eigenvalue weighted by Gasteiger charge is 2.19. The molecule has 0 amide bonds. The first-order chi connectivity index (χ1) is 8.11. The number of aromatic nitrogens is 3. The molecule has 0 unspecified atom stereocenters. The first-order valence-corrected chi connectivity index (χ1v) is 6.99. The maximum absolute atomic E-state index is 5.80. The number of nitrogens with zero attached hydrogens (tertiary/aromatic N) is 5. The molecule has 0 atom stereocenters. The Balaban J connectivity index is 2.14. The van der Waals surface area contributed by atoms with Crippen molar-refractivity contribution in [1.29, 1.82) is 0 Å². The Hall–Kier alpha value is -0.860. The summed E-state index contributed by atoms with van der Waals surface area (Å²) in [5, 5.41) is 4.36. The van der Waals surface area contributed by atoms with Gasteiger partial charge in [0, 0.05) is 26.2 Å². The molecule has 0 aromatic carbocycles. The maximum atomic E-state index is 5.80. The Kier molecular flexibility index (Phi) is 3.85. The van der Waals surface area contributed by atoms with E-state index < -0.39 is 0 Å². The molecule has 1 fully saturated rings. The molecule has 94 valence electrons. The second kappa shape index (κ2) is 5.19. The number of hydrogen-bond acceptors (Lipinski definition) is 7. The smallest absolute Gasteiger partial charge is 0.247 e. The van der Waals surface area contributed by atoms with Crippen molar-refractivity contribution in [2.45, 2.75) is 0 Å². The first kappa shape index (κ1) is 12.6. The molecule has 1 saturated heterocycles. The molecule has 0 aliphatic carbocycles. The number of likely N-dealkylation sites (N-methyl/N-ethyl adjacent to an activating group) is 1. The molecule has 17 heavy (non-hydrogen) atoms. The van der Waals surface area contributed by atoms with Crippen LogP contribution >= 0.6 is 24.0 Å². The van der Waals surface area contributed by atoms with E-state index in [1.807, 2.05) is 6.26 Å². The summed E-state index contributed by atoms with van der Waals surface area (Å²) in [4.78, 5) is 8.68. The van der Waals surface area contributed by atoms with Gasteiger partial charge in [-0.15, -0.1) is 5.10 Å². The van der Waals surface area contributed by atoms with Gasteiger partial charge in [-0.05, 0) is 13.3 Å². The molecular formula is C9H16N6S2. The van der Waals surface area contributed by atoms with Crippen LogP contribution in [0.15, 0.2) is 0 Å². The van der Waals surface area contributed by atoms with Crippen LogP contribution in [0.5, 0.6) is 0 Å². The van der Waals surface area contributed by atoms with E-state index in [0.29, 0.717) is 16.2 Å². The largest absolute Gasteiger partial charge is 0.368 e. The molecule has 1 aromatic heterocycles. The van der Waals surface area contributed by atoms with Crippen LogP contribution in [0.3, 0.4) is 0 Å². The van der Waals surface area contributed by atoms with E-state index >= 15 is 0 Å². The van der Waals surface area contributed by atoms with Crippen LogP contribution in [0.1, 0.15) is 0 Å². The topological polar surface area (TPSA) is 63.2 Å². The molecule has 2 heterocycles. The zero-order valence-electron chi connectivity index (χ0n) is 9.96. The average molecular weight is 272 g/mol. The molecule has 1 aromatic rings. The van der Waals surface area contributed by atoms with Gasteiger partial charge in [-0.25, -0.2) is 0 Å². The third-order valence-corrected chi connectivity index (χ3v) is 3.95. The number of nitrogens with two attached hydrogens (primary N) is 1. The normalized spacial score (nSPS) is 17.4. The van der Waals surface area contributed by atoms with Crippen LogP contribution in [0.2, 0.25) is 0 Å². The number of rotatable bonds is 1. The summed E-state index contributed by atoms with van der Waals surface area (Å²) in [6, 6.07) is 0. The maximum Gasteiger partial charge on any atom is 0.247 e. The van der Waals surface area contributed by atoms with Crippen molar-refractivity contribution in [3.63, 3.8) is 0 Å². The van der Waals surface area contributed by atoms with E-state index in [9.17, 15) is 0 Å². The first-order valence-electron chi connectivity index (χ1n) is 5.36. The molecule has 0 bridgehead atoms. The number of nitrogen functional groups attached to an aromatic ring is 1. The highest BCUT2D eigenvalue weighted by molar-refractivity contribution is 8.22. The summed E-state index contributed by atoms with van der Waals surface area (Å²) < 4.78 is 2.14. The van der Waals surface area contributed by atoms with Gasteiger partial charge in [0.2, 0.25) is 11.9 Å². The zero-order chi connectivity index (χ0) is 12.4. The summed E-state index contributed by atoms with van der Waals surface area (Å²) >= 11 is 6.60. The molecular weight excluding hydrogens is 256 g/mol. The van der Waals surface area contributed by atoms with Crippen LogP contribution in [-0.4, -0.2) is 63.5 Å². The number of piperazine rings is 1. The SMILES string of the molecule is CSC(=S)n1nc(N2CCN(C)CC2)nc1N. The van der Waals surface area contributed by atoms with Crippen LogP contribution in [0, 0.1) is 0 Å². The predicted octanol–water partition coefficient (Wildman–Crippen LogP) is 0.108. The fourth-order valence-corrected chi connectivity index (χ4v) is 2.12. The molecule has 8 heteroatoms. The molecule has 0 radical (unpaired) electrons. The van der Waals surface area contributed by atoms with Crippen LogP contribution in [0.4, 0.5) is 11.9 Å². The fourth-order valence-electron chi connectivity index (χ4n) is 1.67. The molecule has 1 aliphatic rings. The van der Waals surface area contributed by atoms with Crippen molar-refractivity contribution in [3.8, 4) is 0 Å². The predicted molar refractivity (Wildman–Crippen MR) is 75.7 cm³/mol. The van der Waals surface area contributed by atoms with Crippen LogP contribution in [0.25, 0.3) is 0 Å². The minimum atomic E-state index is 0.360. The Labute approximate surface area is 110 Å². The lowest BCUT2D eigenvalue weighted by Gasteiger charge is -2.31. The van der Waals surface area contributed by atoms with Crippen LogP contribution < -0.4 is 10.6 Å². The van der Waals surface area contributed by atoms with E-state index in [1.165, 1.54) is 16.4 Å². The van der Waals surface area contributed by atoms with Gasteiger partial charge in [-0.3, -0.25) is 0 Å². The Morgan fingerprint density at radius 3 is 2.59 bits per heavy atom. The van der Waals surface area contributed by atoms with Crippen LogP contribution in [-0.2, 0) is 0 Å². The lowest BCUT2D eigenvalue weighted by atomic mass is 10.3. The standard InChI is InChI=1S/C9H16N6S2/c1-13-3-5-14(6-4-13)8-11-7(10)15(12-8)9(16)17-2/h3-6H2,1-2H3,(H2,10,11,12). The van der Waals surface area contributed by atoms with E-state index in [2.05, 4.69) is 26.9 Å². The van der Waals surface area contributed by atoms with Gasteiger partial charge in [0.1, 0.15) is 0 Å². The van der Waals surface area contributed by atoms with Gasteiger partial charge in [0.15, 0.2) is 4.32 Å². The van der Waals surface area contributed by atoms with Gasteiger partial charge >= 0.3 is 0 Å².